The first-order valence-corrected chi connectivity index (χ1v) is 3.71. The summed E-state index contributed by atoms with van der Waals surface area (Å²) in [6, 6.07) is 5.69. The Morgan fingerprint density at radius 2 is 2.17 bits per heavy atom. The fraction of sp³-hybridized carbons (Fsp3) is 0.125. The third-order valence-electron chi connectivity index (χ3n) is 1.83. The quantitative estimate of drug-likeness (QED) is 0.533. The van der Waals surface area contributed by atoms with E-state index in [0.717, 1.165) is 16.6 Å². The Kier molecular flexibility index (Phi) is 1.56. The Morgan fingerprint density at radius 3 is 2.92 bits per heavy atom. The molecule has 0 unspecified atom stereocenters. The molecular weight excluding hydrogens is 152 g/mol. The summed E-state index contributed by atoms with van der Waals surface area (Å²) < 4.78 is 0. The van der Waals surface area contributed by atoms with Crippen LogP contribution in [0.2, 0.25) is 0 Å². The van der Waals surface area contributed by atoms with Crippen LogP contribution in [0, 0.1) is 0 Å². The zero-order valence-electron chi connectivity index (χ0n) is 6.49. The highest BCUT2D eigenvalue weighted by Crippen LogP contribution is 2.13. The van der Waals surface area contributed by atoms with Gasteiger partial charge in [0.25, 0.3) is 0 Å². The molecule has 5 N–H and O–H groups in total. The highest BCUT2D eigenvalue weighted by molar-refractivity contribution is 5.75. The number of imidazole rings is 1. The zero-order chi connectivity index (χ0) is 8.55. The minimum absolute atomic E-state index is 0.419. The van der Waals surface area contributed by atoms with Gasteiger partial charge < -0.3 is 16.5 Å². The summed E-state index contributed by atoms with van der Waals surface area (Å²) in [6.07, 6.45) is 1.23. The Labute approximate surface area is 69.6 Å². The minimum atomic E-state index is -0.419. The van der Waals surface area contributed by atoms with Gasteiger partial charge in [-0.05, 0) is 17.7 Å². The molecule has 0 aliphatic rings. The van der Waals surface area contributed by atoms with Crippen molar-refractivity contribution in [3.63, 3.8) is 0 Å². The SMILES string of the molecule is NC(N)c1ccc2nc[nH]c2c1. The van der Waals surface area contributed by atoms with Gasteiger partial charge in [-0.15, -0.1) is 0 Å². The van der Waals surface area contributed by atoms with Gasteiger partial charge >= 0.3 is 0 Å². The van der Waals surface area contributed by atoms with E-state index in [-0.39, 0.29) is 0 Å². The number of benzene rings is 1. The van der Waals surface area contributed by atoms with Gasteiger partial charge in [0.15, 0.2) is 0 Å². The molecule has 0 saturated carbocycles. The topological polar surface area (TPSA) is 80.7 Å². The molecule has 1 aromatic carbocycles. The van der Waals surface area contributed by atoms with E-state index in [1.54, 1.807) is 6.33 Å². The number of rotatable bonds is 1. The fourth-order valence-corrected chi connectivity index (χ4v) is 1.16. The summed E-state index contributed by atoms with van der Waals surface area (Å²) in [5, 5.41) is 0. The first-order chi connectivity index (χ1) is 5.77. The smallest absolute Gasteiger partial charge is 0.0931 e. The van der Waals surface area contributed by atoms with Crippen LogP contribution in [0.4, 0.5) is 0 Å². The molecule has 4 heteroatoms. The van der Waals surface area contributed by atoms with Crippen LogP contribution in [0.3, 0.4) is 0 Å². The predicted octanol–water partition coefficient (Wildman–Crippen LogP) is 0.479. The second kappa shape index (κ2) is 2.58. The highest BCUT2D eigenvalue weighted by atomic mass is 14.9. The number of nitrogens with one attached hydrogen (secondary N) is 1. The Balaban J connectivity index is 2.60. The Hall–Kier alpha value is -1.39. The lowest BCUT2D eigenvalue weighted by atomic mass is 10.1. The Morgan fingerprint density at radius 1 is 1.33 bits per heavy atom. The second-order valence-electron chi connectivity index (χ2n) is 2.70. The van der Waals surface area contributed by atoms with Gasteiger partial charge in [0, 0.05) is 0 Å². The maximum atomic E-state index is 5.52. The Bertz CT molecular complexity index is 391. The molecule has 0 aliphatic carbocycles. The van der Waals surface area contributed by atoms with Crippen LogP contribution in [0.15, 0.2) is 24.5 Å². The van der Waals surface area contributed by atoms with Gasteiger partial charge in [-0.25, -0.2) is 4.98 Å². The van der Waals surface area contributed by atoms with E-state index >= 15 is 0 Å². The number of nitrogens with two attached hydrogens (primary N) is 2. The molecular formula is C8H10N4. The van der Waals surface area contributed by atoms with Gasteiger partial charge in [0.2, 0.25) is 0 Å². The molecule has 0 bridgehead atoms. The van der Waals surface area contributed by atoms with E-state index in [1.807, 2.05) is 18.2 Å². The van der Waals surface area contributed by atoms with Gasteiger partial charge in [-0.3, -0.25) is 0 Å². The van der Waals surface area contributed by atoms with E-state index in [2.05, 4.69) is 9.97 Å². The third kappa shape index (κ3) is 1.07. The maximum Gasteiger partial charge on any atom is 0.0931 e. The summed E-state index contributed by atoms with van der Waals surface area (Å²) >= 11 is 0. The summed E-state index contributed by atoms with van der Waals surface area (Å²) in [5.41, 5.74) is 13.8. The standard InChI is InChI=1S/C8H10N4/c9-8(10)5-1-2-6-7(3-5)12-4-11-6/h1-4,8H,9-10H2,(H,11,12). The molecule has 2 rings (SSSR count). The van der Waals surface area contributed by atoms with Crippen LogP contribution in [0.5, 0.6) is 0 Å². The van der Waals surface area contributed by atoms with Crippen LogP contribution in [0.25, 0.3) is 11.0 Å². The van der Waals surface area contributed by atoms with E-state index in [1.165, 1.54) is 0 Å². The third-order valence-corrected chi connectivity index (χ3v) is 1.83. The molecule has 0 fully saturated rings. The largest absolute Gasteiger partial charge is 0.345 e. The lowest BCUT2D eigenvalue weighted by Gasteiger charge is -2.03. The maximum absolute atomic E-state index is 5.52. The predicted molar refractivity (Wildman–Crippen MR) is 47.2 cm³/mol. The van der Waals surface area contributed by atoms with E-state index in [0.29, 0.717) is 0 Å². The average Bonchev–Trinajstić information content (AvgIpc) is 2.49. The number of hydrogen-bond acceptors (Lipinski definition) is 3. The van der Waals surface area contributed by atoms with Gasteiger partial charge in [0.1, 0.15) is 0 Å². The van der Waals surface area contributed by atoms with Gasteiger partial charge in [0.05, 0.1) is 23.5 Å². The summed E-state index contributed by atoms with van der Waals surface area (Å²) in [5.74, 6) is 0. The molecule has 62 valence electrons. The molecule has 0 saturated heterocycles. The van der Waals surface area contributed by atoms with Crippen molar-refractivity contribution in [3.05, 3.63) is 30.1 Å². The molecule has 1 aromatic heterocycles. The van der Waals surface area contributed by atoms with Crippen molar-refractivity contribution in [1.82, 2.24) is 9.97 Å². The number of fused-ring (bicyclic) bond motifs is 1. The van der Waals surface area contributed by atoms with Crippen LogP contribution in [0.1, 0.15) is 11.7 Å². The van der Waals surface area contributed by atoms with Crippen molar-refractivity contribution in [2.24, 2.45) is 11.5 Å². The molecule has 0 atom stereocenters. The molecule has 0 aliphatic heterocycles. The normalized spacial score (nSPS) is 11.2. The molecule has 12 heavy (non-hydrogen) atoms. The lowest BCUT2D eigenvalue weighted by Crippen LogP contribution is -2.19. The first kappa shape index (κ1) is 7.27. The van der Waals surface area contributed by atoms with Crippen molar-refractivity contribution < 1.29 is 0 Å². The van der Waals surface area contributed by atoms with Crippen LogP contribution >= 0.6 is 0 Å². The van der Waals surface area contributed by atoms with Gasteiger partial charge in [-0.1, -0.05) is 6.07 Å². The fourth-order valence-electron chi connectivity index (χ4n) is 1.16. The van der Waals surface area contributed by atoms with E-state index in [4.69, 9.17) is 11.5 Å². The van der Waals surface area contributed by atoms with Crippen molar-refractivity contribution in [3.8, 4) is 0 Å². The van der Waals surface area contributed by atoms with Crippen molar-refractivity contribution in [2.45, 2.75) is 6.17 Å². The molecule has 0 radical (unpaired) electrons. The van der Waals surface area contributed by atoms with Crippen LogP contribution in [-0.4, -0.2) is 9.97 Å². The van der Waals surface area contributed by atoms with Gasteiger partial charge in [-0.2, -0.15) is 0 Å². The van der Waals surface area contributed by atoms with Crippen LogP contribution < -0.4 is 11.5 Å². The minimum Gasteiger partial charge on any atom is -0.345 e. The second-order valence-corrected chi connectivity index (χ2v) is 2.70. The molecule has 0 amide bonds. The van der Waals surface area contributed by atoms with E-state index in [9.17, 15) is 0 Å². The number of H-pyrrole nitrogens is 1. The molecule has 2 aromatic rings. The highest BCUT2D eigenvalue weighted by Gasteiger charge is 2.01. The first-order valence-electron chi connectivity index (χ1n) is 3.71. The molecule has 1 heterocycles. The van der Waals surface area contributed by atoms with Crippen molar-refractivity contribution in [1.29, 1.82) is 0 Å². The summed E-state index contributed by atoms with van der Waals surface area (Å²) in [4.78, 5) is 7.07. The zero-order valence-corrected chi connectivity index (χ0v) is 6.49. The number of aromatic amines is 1. The number of aromatic nitrogens is 2. The van der Waals surface area contributed by atoms with Crippen molar-refractivity contribution >= 4 is 11.0 Å². The monoisotopic (exact) mass is 162 g/mol. The average molecular weight is 162 g/mol. The summed E-state index contributed by atoms with van der Waals surface area (Å²) in [7, 11) is 0. The molecule has 4 nitrogen and oxygen atoms in total. The number of hydrogen-bond donors (Lipinski definition) is 3. The van der Waals surface area contributed by atoms with Crippen molar-refractivity contribution in [2.75, 3.05) is 0 Å². The van der Waals surface area contributed by atoms with Crippen LogP contribution in [-0.2, 0) is 0 Å². The summed E-state index contributed by atoms with van der Waals surface area (Å²) in [6.45, 7) is 0. The lowest BCUT2D eigenvalue weighted by molar-refractivity contribution is 0.775. The molecule has 0 spiro atoms. The van der Waals surface area contributed by atoms with E-state index < -0.39 is 6.17 Å². The number of nitrogens with zero attached hydrogens (tertiary/aromatic N) is 1.